The summed E-state index contributed by atoms with van der Waals surface area (Å²) in [6.07, 6.45) is 7.67. The van der Waals surface area contributed by atoms with Crippen molar-refractivity contribution in [2.75, 3.05) is 13.2 Å². The lowest BCUT2D eigenvalue weighted by Crippen LogP contribution is -2.81. The van der Waals surface area contributed by atoms with Gasteiger partial charge in [0.2, 0.25) is 0 Å². The minimum atomic E-state index is -2.36. The van der Waals surface area contributed by atoms with Crippen molar-refractivity contribution in [3.63, 3.8) is 0 Å². The van der Waals surface area contributed by atoms with Gasteiger partial charge in [0.25, 0.3) is 0 Å². The second kappa shape index (κ2) is 27.8. The van der Waals surface area contributed by atoms with Crippen LogP contribution in [0.3, 0.4) is 0 Å². The molecule has 1 heterocycles. The first kappa shape index (κ1) is 63.5. The fraction of sp³-hybridized carbons (Fsp3) is 0.698. The van der Waals surface area contributed by atoms with Crippen LogP contribution >= 0.6 is 0 Å². The Kier molecular flexibility index (Phi) is 22.4. The summed E-state index contributed by atoms with van der Waals surface area (Å²) in [5, 5.41) is 41.3. The van der Waals surface area contributed by atoms with Gasteiger partial charge in [0.15, 0.2) is 23.8 Å². The Bertz CT molecular complexity index is 2370. The van der Waals surface area contributed by atoms with Gasteiger partial charge in [-0.3, -0.25) is 9.59 Å². The maximum absolute atomic E-state index is 15.3. The van der Waals surface area contributed by atoms with E-state index in [0.29, 0.717) is 12.2 Å². The summed E-state index contributed by atoms with van der Waals surface area (Å²) in [5.41, 5.74) is -7.93. The maximum Gasteiger partial charge on any atom is 0.408 e. The van der Waals surface area contributed by atoms with E-state index >= 15 is 9.59 Å². The number of esters is 3. The van der Waals surface area contributed by atoms with Crippen molar-refractivity contribution in [2.24, 2.45) is 16.7 Å². The quantitative estimate of drug-likeness (QED) is 0.0205. The molecule has 79 heavy (non-hydrogen) atoms. The predicted octanol–water partition coefficient (Wildman–Crippen LogP) is 10.9. The number of benzene rings is 2. The fourth-order valence-corrected chi connectivity index (χ4v) is 12.8. The van der Waals surface area contributed by atoms with E-state index < -0.39 is 119 Å². The highest BCUT2D eigenvalue weighted by Gasteiger charge is 2.78. The minimum absolute atomic E-state index is 0.0235. The lowest BCUT2D eigenvalue weighted by Gasteiger charge is -2.67. The van der Waals surface area contributed by atoms with Crippen LogP contribution in [0.2, 0.25) is 0 Å². The van der Waals surface area contributed by atoms with Gasteiger partial charge in [-0.25, -0.2) is 14.4 Å². The zero-order valence-corrected chi connectivity index (χ0v) is 48.9. The van der Waals surface area contributed by atoms with Crippen LogP contribution in [0.25, 0.3) is 0 Å². The first-order valence-corrected chi connectivity index (χ1v) is 29.4. The van der Waals surface area contributed by atoms with Crippen molar-refractivity contribution in [1.82, 2.24) is 5.32 Å². The number of alkyl carbamates (subject to hydrolysis) is 1. The number of hydrogen-bond acceptors (Lipinski definition) is 15. The second-order valence-corrected chi connectivity index (χ2v) is 24.4. The van der Waals surface area contributed by atoms with E-state index in [9.17, 15) is 29.7 Å². The number of rotatable bonds is 28. The number of Topliss-reactive ketones (excluding diaryl/α,β-unsaturated/α-hetero) is 1. The molecule has 2 bridgehead atoms. The third kappa shape index (κ3) is 14.9. The van der Waals surface area contributed by atoms with Crippen molar-refractivity contribution < 1.29 is 72.5 Å². The van der Waals surface area contributed by atoms with E-state index in [-0.39, 0.29) is 29.7 Å². The molecule has 0 aromatic heterocycles. The van der Waals surface area contributed by atoms with Gasteiger partial charge in [-0.15, -0.1) is 0 Å². The van der Waals surface area contributed by atoms with Gasteiger partial charge in [-0.2, -0.15) is 0 Å². The zero-order chi connectivity index (χ0) is 57.8. The summed E-state index contributed by atoms with van der Waals surface area (Å²) in [7, 11) is 0. The normalized spacial score (nSPS) is 28.3. The number of fused-ring (bicyclic) bond motifs is 5. The average Bonchev–Trinajstić information content (AvgIpc) is 2.31. The van der Waals surface area contributed by atoms with Crippen LogP contribution in [0.15, 0.2) is 71.8 Å². The zero-order valence-electron chi connectivity index (χ0n) is 48.9. The Labute approximate surface area is 469 Å². The molecule has 1 aliphatic heterocycles. The van der Waals surface area contributed by atoms with Crippen LogP contribution in [0.5, 0.6) is 0 Å². The molecule has 3 aliphatic carbocycles. The molecule has 4 aliphatic rings. The number of carbonyl (C=O) groups is 5. The van der Waals surface area contributed by atoms with E-state index in [1.165, 1.54) is 103 Å². The van der Waals surface area contributed by atoms with E-state index in [1.807, 2.05) is 0 Å². The molecule has 2 aromatic carbocycles. The van der Waals surface area contributed by atoms with Crippen molar-refractivity contribution in [3.8, 4) is 0 Å². The molecule has 440 valence electrons. The molecule has 1 unspecified atom stereocenters. The first-order valence-electron chi connectivity index (χ1n) is 29.4. The number of hydrogen-bond donors (Lipinski definition) is 4. The Morgan fingerprint density at radius 2 is 1.34 bits per heavy atom. The molecule has 1 amide bonds. The molecule has 16 heteroatoms. The van der Waals surface area contributed by atoms with Crippen molar-refractivity contribution in [1.29, 1.82) is 0 Å². The number of ketones is 1. The standard InChI is InChI=1S/C63H93NO15/c1-11-12-13-14-15-16-17-18-19-20-21-22-23-24-25-32-37-73-43(4)75-52(50(44-33-28-26-29-34-44)64-58(71)79-59(5,6)7)57(70)76-46-39-63(72)55(77-56(69)45-35-30-27-31-36-45)53-61(10,54(68)51(67)49(41(46)2)60(63,8)9)47(66)38-48-62(53,40-74-48)78-42(3)65/h26-31,33-36,43,46-48,50-53,55,66-67,72H,11-25,32,37-40H2,1-10H3,(H,64,71)/t43?,46-,47-,48+,50-,51+,52+,53-,55-,61+,62-,63+/m0/s1. The molecule has 2 aromatic rings. The topological polar surface area (TPSA) is 223 Å². The molecule has 4 N–H and O–H groups in total. The Morgan fingerprint density at radius 3 is 1.86 bits per heavy atom. The third-order valence-electron chi connectivity index (χ3n) is 17.2. The van der Waals surface area contributed by atoms with Crippen molar-refractivity contribution in [2.45, 2.75) is 251 Å². The number of ether oxygens (including phenoxy) is 7. The summed E-state index contributed by atoms with van der Waals surface area (Å²) in [6, 6.07) is 15.5. The maximum atomic E-state index is 15.3. The van der Waals surface area contributed by atoms with Gasteiger partial charge < -0.3 is 53.8 Å². The third-order valence-corrected chi connectivity index (χ3v) is 17.2. The van der Waals surface area contributed by atoms with E-state index in [0.717, 1.165) is 25.7 Å². The Morgan fingerprint density at radius 1 is 0.797 bits per heavy atom. The van der Waals surface area contributed by atoms with Crippen molar-refractivity contribution >= 4 is 29.8 Å². The monoisotopic (exact) mass is 1100 g/mol. The second-order valence-electron chi connectivity index (χ2n) is 24.4. The van der Waals surface area contributed by atoms with E-state index in [4.69, 9.17) is 33.2 Å². The molecule has 16 nitrogen and oxygen atoms in total. The first-order chi connectivity index (χ1) is 37.4. The summed E-state index contributed by atoms with van der Waals surface area (Å²) >= 11 is 0. The molecule has 6 rings (SSSR count). The number of unbranched alkanes of at least 4 members (excludes halogenated alkanes) is 15. The van der Waals surface area contributed by atoms with Crippen LogP contribution in [-0.2, 0) is 47.5 Å². The summed E-state index contributed by atoms with van der Waals surface area (Å²) < 4.78 is 43.4. The molecule has 1 saturated heterocycles. The van der Waals surface area contributed by atoms with E-state index in [1.54, 1.807) is 97.0 Å². The molecule has 2 saturated carbocycles. The number of aliphatic hydroxyl groups excluding tert-OH is 2. The largest absolute Gasteiger partial charge is 0.456 e. The van der Waals surface area contributed by atoms with Gasteiger partial charge >= 0.3 is 24.0 Å². The average molecular weight is 1100 g/mol. The molecule has 12 atom stereocenters. The fourth-order valence-electron chi connectivity index (χ4n) is 12.8. The van der Waals surface area contributed by atoms with E-state index in [2.05, 4.69) is 12.2 Å². The van der Waals surface area contributed by atoms with Gasteiger partial charge in [0, 0.05) is 31.8 Å². The van der Waals surface area contributed by atoms with Crippen LogP contribution < -0.4 is 5.32 Å². The summed E-state index contributed by atoms with van der Waals surface area (Å²) in [6.45, 7) is 16.5. The SMILES string of the molecule is CCCCCCCCCCCCCCCCCCOC(C)O[C@@H](C(=O)O[C@H]1C[C@@]2(O)[C@@H](OC(=O)c3ccccc3)[C@@H]3[C@]4(OC(C)=O)CO[C@@H]4C[C@H](O)[C@@]3(C)C(=O)[C@H](O)C(=C1C)C2(C)C)[C@@H](NC(=O)OC(C)(C)C)c1ccccc1. The number of carbonyl (C=O) groups excluding carboxylic acids is 5. The lowest BCUT2D eigenvalue weighted by atomic mass is 9.44. The number of aliphatic hydroxyl groups is 3. The number of amides is 1. The minimum Gasteiger partial charge on any atom is -0.456 e. The highest BCUT2D eigenvalue weighted by Crippen LogP contribution is 2.64. The smallest absolute Gasteiger partial charge is 0.408 e. The lowest BCUT2D eigenvalue weighted by molar-refractivity contribution is -0.346. The Hall–Kier alpha value is -4.71. The molecular formula is C63H93NO15. The molecule has 0 radical (unpaired) electrons. The molecule has 3 fully saturated rings. The van der Waals surface area contributed by atoms with Crippen LogP contribution in [0.1, 0.15) is 207 Å². The summed E-state index contributed by atoms with van der Waals surface area (Å²) in [4.78, 5) is 71.9. The van der Waals surface area contributed by atoms with Gasteiger partial charge in [0.05, 0.1) is 35.6 Å². The highest BCUT2D eigenvalue weighted by molar-refractivity contribution is 5.94. The van der Waals surface area contributed by atoms with Crippen molar-refractivity contribution in [3.05, 3.63) is 82.9 Å². The van der Waals surface area contributed by atoms with Crippen LogP contribution in [0, 0.1) is 16.7 Å². The van der Waals surface area contributed by atoms with Gasteiger partial charge in [-0.05, 0) is 76.8 Å². The highest BCUT2D eigenvalue weighted by atomic mass is 16.7. The van der Waals surface area contributed by atoms with Crippen LogP contribution in [-0.4, -0.2) is 118 Å². The predicted molar refractivity (Wildman–Crippen MR) is 297 cm³/mol. The van der Waals surface area contributed by atoms with Crippen LogP contribution in [0.4, 0.5) is 4.79 Å². The molecular weight excluding hydrogens is 1010 g/mol. The Balaban J connectivity index is 1.27. The van der Waals surface area contributed by atoms with Gasteiger partial charge in [0.1, 0.15) is 35.6 Å². The number of nitrogens with one attached hydrogen (secondary N) is 1. The van der Waals surface area contributed by atoms with Gasteiger partial charge in [-0.1, -0.05) is 166 Å². The molecule has 0 spiro atoms. The summed E-state index contributed by atoms with van der Waals surface area (Å²) in [5.74, 6) is -5.07.